The Morgan fingerprint density at radius 2 is 1.64 bits per heavy atom. The number of carboxylic acids is 1. The third-order valence-electron chi connectivity index (χ3n) is 4.48. The van der Waals surface area contributed by atoms with Crippen LogP contribution in [0.5, 0.6) is 0 Å². The van der Waals surface area contributed by atoms with E-state index in [0.717, 1.165) is 28.6 Å². The summed E-state index contributed by atoms with van der Waals surface area (Å²) in [6.07, 6.45) is 0.616. The molecule has 0 fully saturated rings. The number of hydrogen-bond acceptors (Lipinski definition) is 5. The second kappa shape index (κ2) is 8.97. The quantitative estimate of drug-likeness (QED) is 0.741. The Morgan fingerprint density at radius 3 is 2.25 bits per heavy atom. The number of aliphatic imine (C=N–C) groups is 2. The molecule has 3 rings (SSSR count). The van der Waals surface area contributed by atoms with Crippen molar-refractivity contribution in [2.24, 2.45) is 9.98 Å². The first-order valence-electron chi connectivity index (χ1n) is 9.11. The third kappa shape index (κ3) is 5.16. The van der Waals surface area contributed by atoms with Gasteiger partial charge in [-0.3, -0.25) is 14.6 Å². The van der Waals surface area contributed by atoms with E-state index in [1.165, 1.54) is 5.56 Å². The molecule has 0 saturated heterocycles. The van der Waals surface area contributed by atoms with Crippen molar-refractivity contribution in [1.82, 2.24) is 0 Å². The number of thioether (sulfide) groups is 1. The van der Waals surface area contributed by atoms with Crippen LogP contribution in [0.2, 0.25) is 0 Å². The molecule has 1 unspecified atom stereocenters. The van der Waals surface area contributed by atoms with Crippen LogP contribution in [0.3, 0.4) is 0 Å². The van der Waals surface area contributed by atoms with Crippen molar-refractivity contribution >= 4 is 34.4 Å². The Hall–Kier alpha value is -2.73. The van der Waals surface area contributed by atoms with Crippen LogP contribution in [-0.2, 0) is 4.79 Å². The van der Waals surface area contributed by atoms with E-state index in [1.54, 1.807) is 12.1 Å². The van der Waals surface area contributed by atoms with Gasteiger partial charge >= 0.3 is 5.97 Å². The van der Waals surface area contributed by atoms with Crippen LogP contribution in [0.1, 0.15) is 39.9 Å². The van der Waals surface area contributed by atoms with Crippen molar-refractivity contribution in [3.05, 3.63) is 70.8 Å². The smallest absolute Gasteiger partial charge is 0.317 e. The van der Waals surface area contributed by atoms with Gasteiger partial charge in [-0.25, -0.2) is 4.99 Å². The number of rotatable bonds is 6. The molecule has 1 aliphatic rings. The molecule has 0 aliphatic carbocycles. The molecule has 0 saturated carbocycles. The summed E-state index contributed by atoms with van der Waals surface area (Å²) in [6.45, 7) is 4.53. The van der Waals surface area contributed by atoms with E-state index in [4.69, 9.17) is 0 Å². The average Bonchev–Trinajstić information content (AvgIpc) is 2.68. The summed E-state index contributed by atoms with van der Waals surface area (Å²) in [6, 6.07) is 15.2. The molecule has 1 N–H and O–H groups in total. The SMILES string of the molecule is Cc1ccc(C(=O)CC(SC2=NCCC(c3ccc(C)cc3)=N2)C(=O)O)cc1. The summed E-state index contributed by atoms with van der Waals surface area (Å²) in [5.74, 6) is -1.23. The normalized spacial score (nSPS) is 14.8. The Balaban J connectivity index is 1.72. The van der Waals surface area contributed by atoms with Crippen molar-refractivity contribution in [2.45, 2.75) is 31.9 Å². The van der Waals surface area contributed by atoms with Gasteiger partial charge in [-0.1, -0.05) is 71.4 Å². The Morgan fingerprint density at radius 1 is 1.04 bits per heavy atom. The van der Waals surface area contributed by atoms with E-state index < -0.39 is 11.2 Å². The molecule has 1 aliphatic heterocycles. The van der Waals surface area contributed by atoms with E-state index in [0.29, 0.717) is 23.7 Å². The molecule has 28 heavy (non-hydrogen) atoms. The van der Waals surface area contributed by atoms with Crippen LogP contribution in [0.4, 0.5) is 0 Å². The van der Waals surface area contributed by atoms with Gasteiger partial charge in [-0.2, -0.15) is 0 Å². The topological polar surface area (TPSA) is 79.1 Å². The Labute approximate surface area is 168 Å². The predicted molar refractivity (Wildman–Crippen MR) is 114 cm³/mol. The number of carbonyl (C=O) groups is 2. The maximum atomic E-state index is 12.5. The predicted octanol–water partition coefficient (Wildman–Crippen LogP) is 4.31. The summed E-state index contributed by atoms with van der Waals surface area (Å²) in [5.41, 5.74) is 4.65. The number of carboxylic acid groups (broad SMARTS) is 1. The minimum Gasteiger partial charge on any atom is -0.480 e. The number of amidine groups is 1. The summed E-state index contributed by atoms with van der Waals surface area (Å²) in [7, 11) is 0. The van der Waals surface area contributed by atoms with Crippen LogP contribution in [0.25, 0.3) is 0 Å². The van der Waals surface area contributed by atoms with Crippen molar-refractivity contribution in [1.29, 1.82) is 0 Å². The van der Waals surface area contributed by atoms with Crippen molar-refractivity contribution in [3.63, 3.8) is 0 Å². The van der Waals surface area contributed by atoms with E-state index in [9.17, 15) is 14.7 Å². The van der Waals surface area contributed by atoms with Gasteiger partial charge in [-0.05, 0) is 19.4 Å². The number of hydrogen-bond donors (Lipinski definition) is 1. The fraction of sp³-hybridized carbons (Fsp3) is 0.273. The first-order chi connectivity index (χ1) is 13.4. The van der Waals surface area contributed by atoms with Crippen LogP contribution in [-0.4, -0.2) is 39.5 Å². The van der Waals surface area contributed by atoms with Crippen molar-refractivity contribution in [3.8, 4) is 0 Å². The van der Waals surface area contributed by atoms with Gasteiger partial charge in [0.2, 0.25) is 0 Å². The van der Waals surface area contributed by atoms with Gasteiger partial charge in [0.05, 0.1) is 5.71 Å². The number of aryl methyl sites for hydroxylation is 2. The zero-order valence-corrected chi connectivity index (χ0v) is 16.7. The zero-order valence-electron chi connectivity index (χ0n) is 15.9. The minimum absolute atomic E-state index is 0.0997. The van der Waals surface area contributed by atoms with Gasteiger partial charge in [-0.15, -0.1) is 0 Å². The van der Waals surface area contributed by atoms with E-state index in [1.807, 2.05) is 50.2 Å². The van der Waals surface area contributed by atoms with Crippen LogP contribution in [0.15, 0.2) is 58.5 Å². The highest BCUT2D eigenvalue weighted by molar-refractivity contribution is 8.15. The second-order valence-corrected chi connectivity index (χ2v) is 7.95. The molecule has 0 amide bonds. The fourth-order valence-electron chi connectivity index (χ4n) is 2.81. The lowest BCUT2D eigenvalue weighted by molar-refractivity contribution is -0.136. The summed E-state index contributed by atoms with van der Waals surface area (Å²) in [5, 5.41) is 9.08. The lowest BCUT2D eigenvalue weighted by Crippen LogP contribution is -2.23. The number of Topliss-reactive ketones (excluding diaryl/α,β-unsaturated/α-hetero) is 1. The monoisotopic (exact) mass is 394 g/mol. The van der Waals surface area contributed by atoms with Crippen molar-refractivity contribution < 1.29 is 14.7 Å². The maximum Gasteiger partial charge on any atom is 0.317 e. The molecule has 1 atom stereocenters. The molecule has 5 nitrogen and oxygen atoms in total. The fourth-order valence-corrected chi connectivity index (χ4v) is 3.73. The maximum absolute atomic E-state index is 12.5. The molecule has 2 aromatic carbocycles. The molecule has 0 bridgehead atoms. The number of ketones is 1. The lowest BCUT2D eigenvalue weighted by Gasteiger charge is -2.15. The van der Waals surface area contributed by atoms with Crippen LogP contribution >= 0.6 is 11.8 Å². The largest absolute Gasteiger partial charge is 0.480 e. The van der Waals surface area contributed by atoms with Gasteiger partial charge < -0.3 is 5.11 Å². The molecule has 1 heterocycles. The van der Waals surface area contributed by atoms with Crippen LogP contribution < -0.4 is 0 Å². The molecular formula is C22H22N2O3S. The van der Waals surface area contributed by atoms with Crippen molar-refractivity contribution in [2.75, 3.05) is 6.54 Å². The molecule has 6 heteroatoms. The first-order valence-corrected chi connectivity index (χ1v) is 9.99. The number of nitrogens with zero attached hydrogens (tertiary/aromatic N) is 2. The Bertz CT molecular complexity index is 931. The van der Waals surface area contributed by atoms with Crippen LogP contribution in [0, 0.1) is 13.8 Å². The number of benzene rings is 2. The van der Waals surface area contributed by atoms with E-state index >= 15 is 0 Å². The van der Waals surface area contributed by atoms with E-state index in [-0.39, 0.29) is 12.2 Å². The third-order valence-corrected chi connectivity index (χ3v) is 5.56. The zero-order chi connectivity index (χ0) is 20.1. The van der Waals surface area contributed by atoms with E-state index in [2.05, 4.69) is 9.98 Å². The molecule has 0 aromatic heterocycles. The molecule has 0 radical (unpaired) electrons. The highest BCUT2D eigenvalue weighted by atomic mass is 32.2. The highest BCUT2D eigenvalue weighted by Gasteiger charge is 2.26. The van der Waals surface area contributed by atoms with Gasteiger partial charge in [0.15, 0.2) is 11.0 Å². The highest BCUT2D eigenvalue weighted by Crippen LogP contribution is 2.23. The lowest BCUT2D eigenvalue weighted by atomic mass is 10.1. The second-order valence-electron chi connectivity index (χ2n) is 6.78. The standard InChI is InChI=1S/C22H22N2O3S/c1-14-3-7-16(8-4-14)18-11-12-23-22(24-18)28-20(21(26)27)13-19(25)17-9-5-15(2)6-10-17/h3-10,20H,11-13H2,1-2H3,(H,26,27). The Kier molecular flexibility index (Phi) is 6.41. The summed E-state index contributed by atoms with van der Waals surface area (Å²) in [4.78, 5) is 33.1. The van der Waals surface area contributed by atoms with Gasteiger partial charge in [0.25, 0.3) is 0 Å². The molecule has 2 aromatic rings. The summed E-state index contributed by atoms with van der Waals surface area (Å²) >= 11 is 1.04. The van der Waals surface area contributed by atoms with Gasteiger partial charge in [0.1, 0.15) is 5.25 Å². The molecule has 0 spiro atoms. The first kappa shape index (κ1) is 20.0. The minimum atomic E-state index is -1.04. The average molecular weight is 394 g/mol. The number of carbonyl (C=O) groups excluding carboxylic acids is 1. The number of aliphatic carboxylic acids is 1. The summed E-state index contributed by atoms with van der Waals surface area (Å²) < 4.78 is 0. The molecular weight excluding hydrogens is 372 g/mol. The molecule has 144 valence electrons. The van der Waals surface area contributed by atoms with Gasteiger partial charge in [0, 0.05) is 24.9 Å².